The van der Waals surface area contributed by atoms with Gasteiger partial charge in [0.15, 0.2) is 0 Å². The number of hydrogen-bond acceptors (Lipinski definition) is 5. The lowest BCUT2D eigenvalue weighted by molar-refractivity contribution is -0.305. The first-order valence-corrected chi connectivity index (χ1v) is 7.64. The summed E-state index contributed by atoms with van der Waals surface area (Å²) in [7, 11) is -2.45. The fourth-order valence-electron chi connectivity index (χ4n) is 1.59. The summed E-state index contributed by atoms with van der Waals surface area (Å²) in [6, 6.07) is 5.66. The van der Waals surface area contributed by atoms with E-state index in [1.54, 1.807) is 0 Å². The molecule has 112 valence electrons. The van der Waals surface area contributed by atoms with Crippen molar-refractivity contribution in [2.24, 2.45) is 0 Å². The third kappa shape index (κ3) is 4.75. The predicted molar refractivity (Wildman–Crippen MR) is 71.7 cm³/mol. The van der Waals surface area contributed by atoms with Crippen LogP contribution in [0.25, 0.3) is 0 Å². The molecule has 0 unspecified atom stereocenters. The third-order valence-corrected chi connectivity index (χ3v) is 4.57. The van der Waals surface area contributed by atoms with Gasteiger partial charge in [-0.25, -0.2) is 8.42 Å². The first-order chi connectivity index (χ1) is 9.37. The topological polar surface area (TPSA) is 86.7 Å². The van der Waals surface area contributed by atoms with E-state index >= 15 is 0 Å². The van der Waals surface area contributed by atoms with Crippen LogP contribution >= 0.6 is 11.6 Å². The maximum Gasteiger partial charge on any atom is 0.243 e. The molecule has 8 heteroatoms. The Balaban J connectivity index is 3.00. The molecule has 1 aromatic carbocycles. The molecule has 0 spiro atoms. The Kier molecular flexibility index (Phi) is 6.41. The van der Waals surface area contributed by atoms with Crippen molar-refractivity contribution >= 4 is 27.6 Å². The monoisotopic (exact) mass is 320 g/mol. The van der Waals surface area contributed by atoms with Crippen LogP contribution in [-0.4, -0.2) is 45.5 Å². The molecule has 0 aliphatic rings. The number of hydrogen-bond donors (Lipinski definition) is 0. The van der Waals surface area contributed by atoms with Crippen molar-refractivity contribution in [1.29, 1.82) is 0 Å². The van der Waals surface area contributed by atoms with Crippen molar-refractivity contribution in [2.75, 3.05) is 26.8 Å². The van der Waals surface area contributed by atoms with E-state index < -0.39 is 22.5 Å². The number of aliphatic carboxylic acids is 1. The summed E-state index contributed by atoms with van der Waals surface area (Å²) in [5.74, 6) is -1.46. The van der Waals surface area contributed by atoms with Crippen LogP contribution in [0.4, 0.5) is 0 Å². The van der Waals surface area contributed by atoms with E-state index in [2.05, 4.69) is 0 Å². The fourth-order valence-corrected chi connectivity index (χ4v) is 3.31. The molecule has 0 aliphatic heterocycles. The number of carbonyl (C=O) groups is 1. The minimum absolute atomic E-state index is 0.0245. The lowest BCUT2D eigenvalue weighted by Crippen LogP contribution is -2.42. The van der Waals surface area contributed by atoms with Crippen LogP contribution in [0.5, 0.6) is 0 Å². The van der Waals surface area contributed by atoms with Crippen molar-refractivity contribution in [2.45, 2.75) is 11.3 Å². The van der Waals surface area contributed by atoms with Crippen molar-refractivity contribution < 1.29 is 23.1 Å². The normalized spacial score (nSPS) is 11.8. The number of halogens is 1. The van der Waals surface area contributed by atoms with Crippen molar-refractivity contribution in [3.63, 3.8) is 0 Å². The average molecular weight is 321 g/mol. The van der Waals surface area contributed by atoms with E-state index in [0.29, 0.717) is 13.0 Å². The fraction of sp³-hybridized carbons (Fsp3) is 0.417. The Hall–Kier alpha value is -1.15. The van der Waals surface area contributed by atoms with E-state index in [9.17, 15) is 18.3 Å². The number of nitrogens with zero attached hydrogens (tertiary/aromatic N) is 1. The molecular formula is C12H15ClNO5S-. The number of rotatable bonds is 8. The van der Waals surface area contributed by atoms with Gasteiger partial charge in [0, 0.05) is 25.3 Å². The standard InChI is InChI=1S/C12H16ClNO5S/c1-19-7-3-6-14(9-12(15)16)20(17,18)11-5-2-4-10(13)8-11/h2,4-5,8H,3,6-7,9H2,1H3,(H,15,16)/p-1. The molecule has 0 atom stereocenters. The number of sulfonamides is 1. The molecule has 0 amide bonds. The summed E-state index contributed by atoms with van der Waals surface area (Å²) in [6.07, 6.45) is 0.379. The van der Waals surface area contributed by atoms with E-state index in [4.69, 9.17) is 16.3 Å². The van der Waals surface area contributed by atoms with Crippen molar-refractivity contribution in [1.82, 2.24) is 4.31 Å². The van der Waals surface area contributed by atoms with Crippen molar-refractivity contribution in [3.8, 4) is 0 Å². The largest absolute Gasteiger partial charge is 0.549 e. The third-order valence-electron chi connectivity index (χ3n) is 2.50. The van der Waals surface area contributed by atoms with Crippen LogP contribution in [0.3, 0.4) is 0 Å². The molecular weight excluding hydrogens is 306 g/mol. The van der Waals surface area contributed by atoms with Gasteiger partial charge in [-0.3, -0.25) is 0 Å². The van der Waals surface area contributed by atoms with E-state index in [0.717, 1.165) is 4.31 Å². The Labute approximate surface area is 123 Å². The molecule has 0 fully saturated rings. The highest BCUT2D eigenvalue weighted by Gasteiger charge is 2.24. The minimum atomic E-state index is -3.93. The van der Waals surface area contributed by atoms with E-state index in [-0.39, 0.29) is 16.5 Å². The second-order valence-corrected chi connectivity index (χ2v) is 6.39. The van der Waals surface area contributed by atoms with Gasteiger partial charge in [0.1, 0.15) is 0 Å². The molecule has 0 N–H and O–H groups in total. The quantitative estimate of drug-likeness (QED) is 0.635. The Bertz CT molecular complexity index is 561. The van der Waals surface area contributed by atoms with E-state index in [1.165, 1.54) is 31.4 Å². The highest BCUT2D eigenvalue weighted by Crippen LogP contribution is 2.19. The van der Waals surface area contributed by atoms with Crippen LogP contribution in [0, 0.1) is 0 Å². The minimum Gasteiger partial charge on any atom is -0.549 e. The zero-order chi connectivity index (χ0) is 15.2. The van der Waals surface area contributed by atoms with Gasteiger partial charge in [-0.15, -0.1) is 0 Å². The summed E-state index contributed by atoms with van der Waals surface area (Å²) in [5, 5.41) is 11.0. The van der Waals surface area contributed by atoms with Crippen LogP contribution < -0.4 is 5.11 Å². The molecule has 0 saturated carbocycles. The van der Waals surface area contributed by atoms with E-state index in [1.807, 2.05) is 0 Å². The molecule has 0 aromatic heterocycles. The molecule has 0 saturated heterocycles. The second kappa shape index (κ2) is 7.58. The van der Waals surface area contributed by atoms with Crippen LogP contribution in [0.15, 0.2) is 29.2 Å². The maximum atomic E-state index is 12.3. The summed E-state index contributed by atoms with van der Waals surface area (Å²) in [4.78, 5) is 10.7. The smallest absolute Gasteiger partial charge is 0.243 e. The van der Waals surface area contributed by atoms with Gasteiger partial charge < -0.3 is 14.6 Å². The Morgan fingerprint density at radius 2 is 2.15 bits per heavy atom. The van der Waals surface area contributed by atoms with Gasteiger partial charge in [0.05, 0.1) is 17.4 Å². The number of carboxylic acids is 1. The zero-order valence-corrected chi connectivity index (χ0v) is 12.5. The average Bonchev–Trinajstić information content (AvgIpc) is 2.37. The number of benzene rings is 1. The van der Waals surface area contributed by atoms with Crippen molar-refractivity contribution in [3.05, 3.63) is 29.3 Å². The second-order valence-electron chi connectivity index (χ2n) is 4.01. The Morgan fingerprint density at radius 1 is 1.45 bits per heavy atom. The molecule has 0 radical (unpaired) electrons. The lowest BCUT2D eigenvalue weighted by atomic mass is 10.4. The highest BCUT2D eigenvalue weighted by atomic mass is 35.5. The summed E-state index contributed by atoms with van der Waals surface area (Å²) < 4.78 is 30.4. The molecule has 0 bridgehead atoms. The van der Waals surface area contributed by atoms with Gasteiger partial charge >= 0.3 is 0 Å². The van der Waals surface area contributed by atoms with Crippen LogP contribution in [0.1, 0.15) is 6.42 Å². The molecule has 0 heterocycles. The summed E-state index contributed by atoms with van der Waals surface area (Å²) in [5.41, 5.74) is 0. The highest BCUT2D eigenvalue weighted by molar-refractivity contribution is 7.89. The SMILES string of the molecule is COCCCN(CC(=O)[O-])S(=O)(=O)c1cccc(Cl)c1. The molecule has 1 rings (SSSR count). The number of carboxylic acid groups (broad SMARTS) is 1. The van der Waals surface area contributed by atoms with Crippen LogP contribution in [-0.2, 0) is 19.6 Å². The molecule has 0 aliphatic carbocycles. The number of carbonyl (C=O) groups excluding carboxylic acids is 1. The van der Waals surface area contributed by atoms with Gasteiger partial charge in [0.2, 0.25) is 10.0 Å². The van der Waals surface area contributed by atoms with Gasteiger partial charge in [-0.1, -0.05) is 17.7 Å². The van der Waals surface area contributed by atoms with Gasteiger partial charge in [-0.05, 0) is 24.6 Å². The molecule has 1 aromatic rings. The number of methoxy groups -OCH3 is 1. The molecule has 20 heavy (non-hydrogen) atoms. The first-order valence-electron chi connectivity index (χ1n) is 5.82. The summed E-state index contributed by atoms with van der Waals surface area (Å²) >= 11 is 5.76. The Morgan fingerprint density at radius 3 is 2.70 bits per heavy atom. The summed E-state index contributed by atoms with van der Waals surface area (Å²) in [6.45, 7) is -0.357. The zero-order valence-electron chi connectivity index (χ0n) is 10.9. The molecule has 6 nitrogen and oxygen atoms in total. The van der Waals surface area contributed by atoms with Gasteiger partial charge in [0.25, 0.3) is 0 Å². The number of ether oxygens (including phenoxy) is 1. The first kappa shape index (κ1) is 16.9. The van der Waals surface area contributed by atoms with Gasteiger partial charge in [-0.2, -0.15) is 4.31 Å². The van der Waals surface area contributed by atoms with Crippen LogP contribution in [0.2, 0.25) is 5.02 Å². The maximum absolute atomic E-state index is 12.3. The lowest BCUT2D eigenvalue weighted by Gasteiger charge is -2.22. The predicted octanol–water partition coefficient (Wildman–Crippen LogP) is 0.117.